The van der Waals surface area contributed by atoms with E-state index in [0.717, 1.165) is 17.9 Å². The number of carbonyl (C=O) groups is 1. The Morgan fingerprint density at radius 3 is 2.57 bits per heavy atom. The highest BCUT2D eigenvalue weighted by Crippen LogP contribution is 2.40. The summed E-state index contributed by atoms with van der Waals surface area (Å²) in [5, 5.41) is 3.72. The van der Waals surface area contributed by atoms with Crippen molar-refractivity contribution in [2.24, 2.45) is 5.73 Å². The minimum Gasteiger partial charge on any atom is -0.383 e. The highest BCUT2D eigenvalue weighted by molar-refractivity contribution is 6.30. The number of methoxy groups -OCH3 is 1. The molecule has 0 aromatic heterocycles. The number of hydrogen-bond donors (Lipinski definition) is 2. The van der Waals surface area contributed by atoms with Crippen molar-refractivity contribution in [3.05, 3.63) is 34.9 Å². The molecule has 1 aromatic rings. The number of amides is 1. The van der Waals surface area contributed by atoms with Gasteiger partial charge in [-0.3, -0.25) is 4.79 Å². The first-order valence-electron chi connectivity index (χ1n) is 7.36. The summed E-state index contributed by atoms with van der Waals surface area (Å²) in [5.74, 6) is -0.155. The normalized spacial score (nSPS) is 18.4. The third-order valence-corrected chi connectivity index (χ3v) is 4.55. The maximum absolute atomic E-state index is 12.0. The lowest BCUT2D eigenvalue weighted by molar-refractivity contribution is -0.123. The maximum Gasteiger partial charge on any atom is 0.239 e. The van der Waals surface area contributed by atoms with Crippen LogP contribution in [0, 0.1) is 0 Å². The molecule has 0 bridgehead atoms. The highest BCUT2D eigenvalue weighted by atomic mass is 35.5. The van der Waals surface area contributed by atoms with Gasteiger partial charge in [0.2, 0.25) is 5.91 Å². The van der Waals surface area contributed by atoms with Gasteiger partial charge in [0.15, 0.2) is 0 Å². The Kier molecular flexibility index (Phi) is 5.62. The van der Waals surface area contributed by atoms with Gasteiger partial charge in [-0.15, -0.1) is 0 Å². The van der Waals surface area contributed by atoms with Crippen LogP contribution in [0.4, 0.5) is 0 Å². The molecule has 1 aliphatic carbocycles. The van der Waals surface area contributed by atoms with E-state index in [1.807, 2.05) is 12.1 Å². The summed E-state index contributed by atoms with van der Waals surface area (Å²) in [4.78, 5) is 12.0. The van der Waals surface area contributed by atoms with Crippen LogP contribution in [-0.2, 0) is 14.9 Å². The van der Waals surface area contributed by atoms with Gasteiger partial charge in [-0.2, -0.15) is 0 Å². The Labute approximate surface area is 131 Å². The maximum atomic E-state index is 12.0. The first-order valence-corrected chi connectivity index (χ1v) is 7.73. The van der Waals surface area contributed by atoms with Crippen LogP contribution in [0.2, 0.25) is 5.02 Å². The fourth-order valence-electron chi connectivity index (χ4n) is 3.07. The Hall–Kier alpha value is -1.10. The zero-order valence-electron chi connectivity index (χ0n) is 12.4. The van der Waals surface area contributed by atoms with Crippen molar-refractivity contribution in [1.82, 2.24) is 5.32 Å². The van der Waals surface area contributed by atoms with Crippen LogP contribution in [0.3, 0.4) is 0 Å². The molecule has 0 spiro atoms. The summed E-state index contributed by atoms with van der Waals surface area (Å²) in [7, 11) is 1.54. The molecule has 1 aromatic carbocycles. The van der Waals surface area contributed by atoms with E-state index in [1.165, 1.54) is 18.4 Å². The first kappa shape index (κ1) is 16.3. The quantitative estimate of drug-likeness (QED) is 0.847. The van der Waals surface area contributed by atoms with Crippen LogP contribution >= 0.6 is 11.6 Å². The lowest BCUT2D eigenvalue weighted by atomic mass is 9.79. The molecule has 1 atom stereocenters. The Morgan fingerprint density at radius 1 is 1.38 bits per heavy atom. The minimum atomic E-state index is -0.612. The van der Waals surface area contributed by atoms with Gasteiger partial charge in [0.1, 0.15) is 6.04 Å². The summed E-state index contributed by atoms with van der Waals surface area (Å²) in [5.41, 5.74) is 7.01. The minimum absolute atomic E-state index is 0.00698. The zero-order valence-corrected chi connectivity index (χ0v) is 13.2. The second-order valence-electron chi connectivity index (χ2n) is 5.77. The Balaban J connectivity index is 2.05. The average Bonchev–Trinajstić information content (AvgIpc) is 2.96. The van der Waals surface area contributed by atoms with E-state index in [4.69, 9.17) is 22.1 Å². The number of nitrogens with two attached hydrogens (primary N) is 1. The van der Waals surface area contributed by atoms with Crippen LogP contribution in [0.15, 0.2) is 24.3 Å². The number of hydrogen-bond acceptors (Lipinski definition) is 3. The SMILES string of the molecule is COCC(N)C(=O)NCC1(c2ccc(Cl)cc2)CCCC1. The van der Waals surface area contributed by atoms with Gasteiger partial charge >= 0.3 is 0 Å². The largest absolute Gasteiger partial charge is 0.383 e. The topological polar surface area (TPSA) is 64.3 Å². The molecule has 1 saturated carbocycles. The van der Waals surface area contributed by atoms with Gasteiger partial charge in [-0.25, -0.2) is 0 Å². The van der Waals surface area contributed by atoms with E-state index < -0.39 is 6.04 Å². The second-order valence-corrected chi connectivity index (χ2v) is 6.21. The first-order chi connectivity index (χ1) is 10.1. The number of carbonyl (C=O) groups excluding carboxylic acids is 1. The van der Waals surface area contributed by atoms with Crippen molar-refractivity contribution in [2.75, 3.05) is 20.3 Å². The molecule has 21 heavy (non-hydrogen) atoms. The smallest absolute Gasteiger partial charge is 0.239 e. The van der Waals surface area contributed by atoms with Crippen molar-refractivity contribution < 1.29 is 9.53 Å². The lowest BCUT2D eigenvalue weighted by Crippen LogP contribution is -2.47. The van der Waals surface area contributed by atoms with Crippen molar-refractivity contribution in [3.63, 3.8) is 0 Å². The molecule has 0 aliphatic heterocycles. The molecule has 1 unspecified atom stereocenters. The third-order valence-electron chi connectivity index (χ3n) is 4.30. The number of nitrogens with one attached hydrogen (secondary N) is 1. The average molecular weight is 311 g/mol. The second kappa shape index (κ2) is 7.25. The van der Waals surface area contributed by atoms with Gasteiger partial charge in [0.05, 0.1) is 6.61 Å². The van der Waals surface area contributed by atoms with Gasteiger partial charge < -0.3 is 15.8 Å². The van der Waals surface area contributed by atoms with E-state index in [9.17, 15) is 4.79 Å². The monoisotopic (exact) mass is 310 g/mol. The molecule has 0 heterocycles. The molecule has 1 fully saturated rings. The predicted molar refractivity (Wildman–Crippen MR) is 84.5 cm³/mol. The number of benzene rings is 1. The fourth-order valence-corrected chi connectivity index (χ4v) is 3.19. The van der Waals surface area contributed by atoms with Gasteiger partial charge in [-0.05, 0) is 30.5 Å². The molecule has 0 saturated heterocycles. The summed E-state index contributed by atoms with van der Waals surface area (Å²) in [6.07, 6.45) is 4.52. The van der Waals surface area contributed by atoms with Crippen molar-refractivity contribution in [1.29, 1.82) is 0 Å². The van der Waals surface area contributed by atoms with E-state index in [1.54, 1.807) is 7.11 Å². The van der Waals surface area contributed by atoms with Crippen molar-refractivity contribution in [3.8, 4) is 0 Å². The van der Waals surface area contributed by atoms with Gasteiger partial charge in [0, 0.05) is 24.1 Å². The van der Waals surface area contributed by atoms with Gasteiger partial charge in [-0.1, -0.05) is 36.6 Å². The fraction of sp³-hybridized carbons (Fsp3) is 0.562. The van der Waals surface area contributed by atoms with Crippen molar-refractivity contribution in [2.45, 2.75) is 37.1 Å². The van der Waals surface area contributed by atoms with Crippen LogP contribution in [0.1, 0.15) is 31.2 Å². The van der Waals surface area contributed by atoms with Crippen molar-refractivity contribution >= 4 is 17.5 Å². The number of ether oxygens (including phenoxy) is 1. The van der Waals surface area contributed by atoms with Crippen LogP contribution in [-0.4, -0.2) is 32.2 Å². The number of rotatable bonds is 6. The Morgan fingerprint density at radius 2 is 2.00 bits per heavy atom. The van der Waals surface area contributed by atoms with Gasteiger partial charge in [0.25, 0.3) is 0 Å². The van der Waals surface area contributed by atoms with Crippen LogP contribution in [0.5, 0.6) is 0 Å². The predicted octanol–water partition coefficient (Wildman–Crippen LogP) is 2.24. The standard InChI is InChI=1S/C16H23ClN2O2/c1-21-10-14(18)15(20)19-11-16(8-2-3-9-16)12-4-6-13(17)7-5-12/h4-7,14H,2-3,8-11,18H2,1H3,(H,19,20). The molecular formula is C16H23ClN2O2. The Bertz CT molecular complexity index is 470. The zero-order chi connectivity index (χ0) is 15.3. The molecular weight excluding hydrogens is 288 g/mol. The summed E-state index contributed by atoms with van der Waals surface area (Å²) >= 11 is 5.97. The van der Waals surface area contributed by atoms with E-state index >= 15 is 0 Å². The molecule has 1 amide bonds. The van der Waals surface area contributed by atoms with E-state index in [2.05, 4.69) is 17.4 Å². The van der Waals surface area contributed by atoms with E-state index in [-0.39, 0.29) is 17.9 Å². The molecule has 4 nitrogen and oxygen atoms in total. The highest BCUT2D eigenvalue weighted by Gasteiger charge is 2.36. The molecule has 2 rings (SSSR count). The van der Waals surface area contributed by atoms with Crippen LogP contribution < -0.4 is 11.1 Å². The third kappa shape index (κ3) is 3.96. The van der Waals surface area contributed by atoms with Crippen LogP contribution in [0.25, 0.3) is 0 Å². The summed E-state index contributed by atoms with van der Waals surface area (Å²) in [6, 6.07) is 7.34. The lowest BCUT2D eigenvalue weighted by Gasteiger charge is -2.30. The van der Waals surface area contributed by atoms with E-state index in [0.29, 0.717) is 6.54 Å². The summed E-state index contributed by atoms with van der Waals surface area (Å²) < 4.78 is 4.92. The summed E-state index contributed by atoms with van der Waals surface area (Å²) in [6.45, 7) is 0.852. The molecule has 116 valence electrons. The molecule has 5 heteroatoms. The number of halogens is 1. The molecule has 1 aliphatic rings. The molecule has 0 radical (unpaired) electrons. The molecule has 3 N–H and O–H groups in total.